The van der Waals surface area contributed by atoms with Crippen LogP contribution >= 0.6 is 11.6 Å². The Kier molecular flexibility index (Phi) is 5.65. The molecule has 2 N–H and O–H groups in total. The van der Waals surface area contributed by atoms with Crippen LogP contribution in [0, 0.1) is 0 Å². The summed E-state index contributed by atoms with van der Waals surface area (Å²) in [5, 5.41) is 5.52. The Bertz CT molecular complexity index is 418. The summed E-state index contributed by atoms with van der Waals surface area (Å²) in [6.45, 7) is 3.68. The number of amides is 2. The molecule has 0 fully saturated rings. The van der Waals surface area contributed by atoms with E-state index in [1.807, 2.05) is 31.2 Å². The molecule has 1 aromatic rings. The van der Waals surface area contributed by atoms with Gasteiger partial charge in [0.25, 0.3) is 0 Å². The van der Waals surface area contributed by atoms with Gasteiger partial charge in [-0.15, -0.1) is 11.6 Å². The van der Waals surface area contributed by atoms with Crippen LogP contribution in [0.4, 0.5) is 5.69 Å². The predicted octanol–water partition coefficient (Wildman–Crippen LogP) is 2.45. The molecule has 1 unspecified atom stereocenters. The Morgan fingerprint density at radius 2 is 1.83 bits per heavy atom. The van der Waals surface area contributed by atoms with Gasteiger partial charge in [-0.05, 0) is 24.6 Å². The minimum Gasteiger partial charge on any atom is -0.349 e. The Labute approximate surface area is 112 Å². The molecule has 0 saturated carbocycles. The lowest BCUT2D eigenvalue weighted by molar-refractivity contribution is -0.119. The SMILES string of the molecule is CCC(=O)Nc1ccc(C(C)NC(=O)CCl)cc1. The molecule has 0 radical (unpaired) electrons. The fraction of sp³-hybridized carbons (Fsp3) is 0.385. The van der Waals surface area contributed by atoms with E-state index in [1.54, 1.807) is 6.92 Å². The molecule has 0 aromatic heterocycles. The average molecular weight is 269 g/mol. The zero-order chi connectivity index (χ0) is 13.5. The third-order valence-corrected chi connectivity index (χ3v) is 2.76. The first-order valence-corrected chi connectivity index (χ1v) is 6.35. The van der Waals surface area contributed by atoms with Gasteiger partial charge in [0.05, 0.1) is 6.04 Å². The third kappa shape index (κ3) is 4.37. The number of hydrogen-bond acceptors (Lipinski definition) is 2. The minimum absolute atomic E-state index is 0.0220. The van der Waals surface area contributed by atoms with Crippen LogP contribution in [0.3, 0.4) is 0 Å². The Morgan fingerprint density at radius 1 is 1.22 bits per heavy atom. The highest BCUT2D eigenvalue weighted by atomic mass is 35.5. The fourth-order valence-electron chi connectivity index (χ4n) is 1.47. The first-order chi connectivity index (χ1) is 8.56. The maximum atomic E-state index is 11.2. The smallest absolute Gasteiger partial charge is 0.235 e. The minimum atomic E-state index is -0.201. The second-order valence-corrected chi connectivity index (χ2v) is 4.21. The molecule has 0 saturated heterocycles. The summed E-state index contributed by atoms with van der Waals surface area (Å²) in [6.07, 6.45) is 0.448. The highest BCUT2D eigenvalue weighted by Gasteiger charge is 2.08. The number of benzene rings is 1. The molecule has 0 heterocycles. The van der Waals surface area contributed by atoms with E-state index in [-0.39, 0.29) is 23.7 Å². The van der Waals surface area contributed by atoms with E-state index < -0.39 is 0 Å². The molecule has 0 aliphatic rings. The normalized spacial score (nSPS) is 11.7. The summed E-state index contributed by atoms with van der Waals surface area (Å²) in [4.78, 5) is 22.3. The molecule has 98 valence electrons. The van der Waals surface area contributed by atoms with E-state index in [0.717, 1.165) is 11.3 Å². The third-order valence-electron chi connectivity index (χ3n) is 2.51. The van der Waals surface area contributed by atoms with E-state index in [9.17, 15) is 9.59 Å². The topological polar surface area (TPSA) is 58.2 Å². The van der Waals surface area contributed by atoms with Crippen molar-refractivity contribution in [2.24, 2.45) is 0 Å². The van der Waals surface area contributed by atoms with Crippen molar-refractivity contribution in [2.75, 3.05) is 11.2 Å². The molecule has 2 amide bonds. The molecule has 4 nitrogen and oxygen atoms in total. The zero-order valence-electron chi connectivity index (χ0n) is 10.5. The predicted molar refractivity (Wildman–Crippen MR) is 72.6 cm³/mol. The lowest BCUT2D eigenvalue weighted by Gasteiger charge is -2.14. The number of rotatable bonds is 5. The molecule has 0 aliphatic heterocycles. The van der Waals surface area contributed by atoms with Gasteiger partial charge in [0.1, 0.15) is 5.88 Å². The average Bonchev–Trinajstić information content (AvgIpc) is 2.39. The summed E-state index contributed by atoms with van der Waals surface area (Å²) in [5.74, 6) is -0.270. The molecule has 0 bridgehead atoms. The Balaban J connectivity index is 2.64. The van der Waals surface area contributed by atoms with Crippen LogP contribution in [0.5, 0.6) is 0 Å². The number of hydrogen-bond donors (Lipinski definition) is 2. The van der Waals surface area contributed by atoms with Crippen LogP contribution in [-0.4, -0.2) is 17.7 Å². The molecule has 0 spiro atoms. The van der Waals surface area contributed by atoms with Gasteiger partial charge < -0.3 is 10.6 Å². The van der Waals surface area contributed by atoms with Gasteiger partial charge in [-0.25, -0.2) is 0 Å². The first-order valence-electron chi connectivity index (χ1n) is 5.82. The second-order valence-electron chi connectivity index (χ2n) is 3.95. The number of nitrogens with one attached hydrogen (secondary N) is 2. The van der Waals surface area contributed by atoms with Gasteiger partial charge in [-0.3, -0.25) is 9.59 Å². The number of anilines is 1. The van der Waals surface area contributed by atoms with Gasteiger partial charge in [-0.2, -0.15) is 0 Å². The first kappa shape index (κ1) is 14.5. The zero-order valence-corrected chi connectivity index (χ0v) is 11.3. The van der Waals surface area contributed by atoms with E-state index >= 15 is 0 Å². The fourth-order valence-corrected chi connectivity index (χ4v) is 1.55. The van der Waals surface area contributed by atoms with E-state index in [4.69, 9.17) is 11.6 Å². The van der Waals surface area contributed by atoms with Crippen molar-refractivity contribution in [3.8, 4) is 0 Å². The lowest BCUT2D eigenvalue weighted by Crippen LogP contribution is -2.27. The van der Waals surface area contributed by atoms with Crippen LogP contribution in [0.2, 0.25) is 0 Å². The Morgan fingerprint density at radius 3 is 2.33 bits per heavy atom. The highest BCUT2D eigenvalue weighted by Crippen LogP contribution is 2.16. The molecule has 0 aliphatic carbocycles. The maximum absolute atomic E-state index is 11.2. The number of carbonyl (C=O) groups is 2. The van der Waals surface area contributed by atoms with Crippen LogP contribution in [0.25, 0.3) is 0 Å². The monoisotopic (exact) mass is 268 g/mol. The number of carbonyl (C=O) groups excluding carboxylic acids is 2. The van der Waals surface area contributed by atoms with E-state index in [2.05, 4.69) is 10.6 Å². The van der Waals surface area contributed by atoms with Crippen molar-refractivity contribution in [1.29, 1.82) is 0 Å². The summed E-state index contributed by atoms with van der Waals surface area (Å²) in [6, 6.07) is 7.25. The van der Waals surface area contributed by atoms with Crippen molar-refractivity contribution in [1.82, 2.24) is 5.32 Å². The highest BCUT2D eigenvalue weighted by molar-refractivity contribution is 6.27. The number of alkyl halides is 1. The van der Waals surface area contributed by atoms with Crippen LogP contribution in [-0.2, 0) is 9.59 Å². The van der Waals surface area contributed by atoms with E-state index in [1.165, 1.54) is 0 Å². The molecule has 1 aromatic carbocycles. The van der Waals surface area contributed by atoms with Gasteiger partial charge in [-0.1, -0.05) is 19.1 Å². The lowest BCUT2D eigenvalue weighted by atomic mass is 10.1. The van der Waals surface area contributed by atoms with Crippen molar-refractivity contribution in [3.05, 3.63) is 29.8 Å². The van der Waals surface area contributed by atoms with Crippen LogP contribution < -0.4 is 10.6 Å². The Hall–Kier alpha value is -1.55. The van der Waals surface area contributed by atoms with E-state index in [0.29, 0.717) is 6.42 Å². The van der Waals surface area contributed by atoms with Crippen molar-refractivity contribution < 1.29 is 9.59 Å². The molecular weight excluding hydrogens is 252 g/mol. The summed E-state index contributed by atoms with van der Waals surface area (Å²) in [5.41, 5.74) is 1.71. The van der Waals surface area contributed by atoms with Gasteiger partial charge >= 0.3 is 0 Å². The van der Waals surface area contributed by atoms with Gasteiger partial charge in [0, 0.05) is 12.1 Å². The van der Waals surface area contributed by atoms with Gasteiger partial charge in [0.15, 0.2) is 0 Å². The number of halogens is 1. The molecule has 1 rings (SSSR count). The van der Waals surface area contributed by atoms with Crippen molar-refractivity contribution in [3.63, 3.8) is 0 Å². The van der Waals surface area contributed by atoms with Crippen LogP contribution in [0.15, 0.2) is 24.3 Å². The summed E-state index contributed by atoms with van der Waals surface area (Å²) in [7, 11) is 0. The molecule has 5 heteroatoms. The van der Waals surface area contributed by atoms with Gasteiger partial charge in [0.2, 0.25) is 11.8 Å². The van der Waals surface area contributed by atoms with Crippen LogP contribution in [0.1, 0.15) is 31.9 Å². The standard InChI is InChI=1S/C13H17ClN2O2/c1-3-12(17)16-11-6-4-10(5-7-11)9(2)15-13(18)8-14/h4-7,9H,3,8H2,1-2H3,(H,15,18)(H,16,17). The largest absolute Gasteiger partial charge is 0.349 e. The second kappa shape index (κ2) is 7.01. The maximum Gasteiger partial charge on any atom is 0.235 e. The summed E-state index contributed by atoms with van der Waals surface area (Å²) < 4.78 is 0. The quantitative estimate of drug-likeness (QED) is 0.806. The summed E-state index contributed by atoms with van der Waals surface area (Å²) >= 11 is 5.42. The molecular formula is C13H17ClN2O2. The molecule has 18 heavy (non-hydrogen) atoms. The van der Waals surface area contributed by atoms with Crippen molar-refractivity contribution >= 4 is 29.1 Å². The van der Waals surface area contributed by atoms with Crippen molar-refractivity contribution in [2.45, 2.75) is 26.3 Å². The molecule has 1 atom stereocenters.